The van der Waals surface area contributed by atoms with Crippen molar-refractivity contribution >= 4 is 98.9 Å². The Morgan fingerprint density at radius 1 is 1.09 bits per heavy atom. The monoisotopic (exact) mass is 960 g/mol. The summed E-state index contributed by atoms with van der Waals surface area (Å²) in [5, 5.41) is 8.82. The van der Waals surface area contributed by atoms with E-state index in [0.29, 0.717) is 52.4 Å². The molecule has 0 saturated carbocycles. The third kappa shape index (κ3) is 10.3. The number of allylic oxidation sites excluding steroid dienone is 1. The van der Waals surface area contributed by atoms with Gasteiger partial charge in [0.15, 0.2) is 30.3 Å². The van der Waals surface area contributed by atoms with Gasteiger partial charge >= 0.3 is 0 Å². The van der Waals surface area contributed by atoms with Crippen LogP contribution in [0.4, 0.5) is 17.3 Å². The van der Waals surface area contributed by atoms with Crippen molar-refractivity contribution in [3.8, 4) is 16.2 Å². The van der Waals surface area contributed by atoms with E-state index in [-0.39, 0.29) is 29.8 Å². The van der Waals surface area contributed by atoms with Gasteiger partial charge in [0.25, 0.3) is 0 Å². The maximum Gasteiger partial charge on any atom is 0.242 e. The summed E-state index contributed by atoms with van der Waals surface area (Å²) in [5.74, 6) is 2.08. The van der Waals surface area contributed by atoms with E-state index in [1.165, 1.54) is 16.9 Å². The topological polar surface area (TPSA) is 153 Å². The van der Waals surface area contributed by atoms with E-state index in [9.17, 15) is 19.2 Å². The molecule has 6 aromatic rings. The quantitative estimate of drug-likeness (QED) is 0.0402. The highest BCUT2D eigenvalue weighted by Gasteiger charge is 2.36. The largest absolute Gasteiger partial charge is 0.483 e. The van der Waals surface area contributed by atoms with Gasteiger partial charge in [-0.2, -0.15) is 4.98 Å². The number of fused-ring (bicyclic) bond motifs is 2. The van der Waals surface area contributed by atoms with E-state index in [2.05, 4.69) is 69.5 Å². The highest BCUT2D eigenvalue weighted by molar-refractivity contribution is 7.96. The normalized spacial score (nSPS) is 17.0. The molecule has 2 fully saturated rings. The number of piperidine rings is 2. The van der Waals surface area contributed by atoms with Crippen LogP contribution in [0, 0.1) is 0 Å². The number of aromatic nitrogens is 3. The van der Waals surface area contributed by atoms with Crippen molar-refractivity contribution < 1.29 is 23.9 Å². The first kappa shape index (κ1) is 47.7. The Hall–Kier alpha value is -5.74. The van der Waals surface area contributed by atoms with Crippen LogP contribution in [-0.2, 0) is 15.3 Å². The number of likely N-dealkylation sites (N-methyl/N-ethyl adjacent to an activating group) is 2. The molecule has 350 valence electrons. The molecule has 5 heterocycles. The van der Waals surface area contributed by atoms with Gasteiger partial charge in [-0.15, -0.1) is 17.9 Å². The predicted octanol–water partition coefficient (Wildman–Crippen LogP) is 10.1. The molecule has 16 heteroatoms. The molecular formula is C51H57ClN8O5S2. The number of nitrogens with one attached hydrogen (secondary N) is 3. The van der Waals surface area contributed by atoms with Gasteiger partial charge in [-0.1, -0.05) is 66.0 Å². The van der Waals surface area contributed by atoms with Gasteiger partial charge in [-0.3, -0.25) is 19.2 Å². The minimum Gasteiger partial charge on any atom is -0.483 e. The van der Waals surface area contributed by atoms with Crippen LogP contribution in [0.25, 0.3) is 32.4 Å². The van der Waals surface area contributed by atoms with Crippen molar-refractivity contribution in [3.05, 3.63) is 106 Å². The lowest BCUT2D eigenvalue weighted by Crippen LogP contribution is -2.49. The molecule has 1 amide bonds. The van der Waals surface area contributed by atoms with E-state index < -0.39 is 6.04 Å². The first-order valence-corrected chi connectivity index (χ1v) is 24.9. The average Bonchev–Trinajstić information content (AvgIpc) is 3.92. The second-order valence-corrected chi connectivity index (χ2v) is 20.3. The van der Waals surface area contributed by atoms with Crippen molar-refractivity contribution in [3.63, 3.8) is 0 Å². The number of aromatic amines is 1. The zero-order valence-electron chi connectivity index (χ0n) is 38.3. The molecule has 0 spiro atoms. The number of nitrogens with zero attached hydrogens (tertiary/aromatic N) is 5. The first-order valence-electron chi connectivity index (χ1n) is 22.7. The average molecular weight is 962 g/mol. The maximum atomic E-state index is 13.0. The standard InChI is InChI=1S/C51H57ClN8O5S2/c1-6-7-14-42(49(64)53-4)58(5)41-16-15-38(39-13-9-11-35(29-62)44(39)41)33-17-20-59(21-18-33)50-56-40-25-32(28-54-48(40)57-50)31-66-60-22-19-37(27-51(60,2)3)55-36-12-8-10-34(26-36)47-45(52)46(65-24-23-61)43(30-63)67-47/h6,8-13,15-16,23,25-26,28-30,33,37,42,55H,1,7,14,17-22,24,27,31H2,2-5H3,(H,53,64)(H,54,56,57). The lowest BCUT2D eigenvalue weighted by molar-refractivity contribution is -0.122. The summed E-state index contributed by atoms with van der Waals surface area (Å²) in [6, 6.07) is 20.2. The number of benzene rings is 3. The number of rotatable bonds is 19. The Kier molecular flexibility index (Phi) is 15.0. The molecule has 2 aliphatic heterocycles. The van der Waals surface area contributed by atoms with Gasteiger partial charge in [-0.25, -0.2) is 9.29 Å². The fourth-order valence-electron chi connectivity index (χ4n) is 9.67. The highest BCUT2D eigenvalue weighted by Crippen LogP contribution is 2.46. The number of thiophene rings is 1. The van der Waals surface area contributed by atoms with Gasteiger partial charge in [0.05, 0.1) is 10.4 Å². The van der Waals surface area contributed by atoms with E-state index >= 15 is 0 Å². The van der Waals surface area contributed by atoms with Crippen LogP contribution in [0.1, 0.15) is 89.4 Å². The van der Waals surface area contributed by atoms with Crippen molar-refractivity contribution in [2.45, 2.75) is 81.7 Å². The number of imidazole rings is 1. The van der Waals surface area contributed by atoms with Crippen LogP contribution in [0.5, 0.6) is 5.75 Å². The number of carbonyl (C=O) groups excluding carboxylic acids is 4. The summed E-state index contributed by atoms with van der Waals surface area (Å²) in [6.45, 7) is 10.8. The minimum atomic E-state index is -0.405. The van der Waals surface area contributed by atoms with E-state index in [0.717, 1.165) is 107 Å². The molecule has 8 rings (SSSR count). The third-order valence-corrected chi connectivity index (χ3v) is 16.2. The predicted molar refractivity (Wildman–Crippen MR) is 274 cm³/mol. The van der Waals surface area contributed by atoms with Crippen LogP contribution in [0.3, 0.4) is 0 Å². The number of aldehydes is 3. The third-order valence-electron chi connectivity index (χ3n) is 13.1. The van der Waals surface area contributed by atoms with Gasteiger partial charge in [-0.05, 0) is 105 Å². The second kappa shape index (κ2) is 21.1. The Labute approximate surface area is 404 Å². The first-order chi connectivity index (χ1) is 32.5. The summed E-state index contributed by atoms with van der Waals surface area (Å²) in [7, 11) is 3.58. The fraction of sp³-hybridized carbons (Fsp3) is 0.373. The van der Waals surface area contributed by atoms with Gasteiger partial charge in [0, 0.05) is 79.6 Å². The highest BCUT2D eigenvalue weighted by atomic mass is 35.5. The number of H-pyrrole nitrogens is 1. The molecule has 2 saturated heterocycles. The van der Waals surface area contributed by atoms with Crippen molar-refractivity contribution in [2.75, 3.05) is 55.5 Å². The smallest absolute Gasteiger partial charge is 0.242 e. The van der Waals surface area contributed by atoms with Crippen molar-refractivity contribution in [2.24, 2.45) is 0 Å². The van der Waals surface area contributed by atoms with Crippen LogP contribution in [0.15, 0.2) is 79.5 Å². The zero-order valence-corrected chi connectivity index (χ0v) is 40.7. The fourth-order valence-corrected chi connectivity index (χ4v) is 12.2. The van der Waals surface area contributed by atoms with Crippen molar-refractivity contribution in [1.82, 2.24) is 24.6 Å². The van der Waals surface area contributed by atoms with Gasteiger partial charge in [0.2, 0.25) is 11.9 Å². The molecule has 3 aromatic heterocycles. The minimum absolute atomic E-state index is 0.0704. The lowest BCUT2D eigenvalue weighted by Gasteiger charge is -2.45. The van der Waals surface area contributed by atoms with Crippen LogP contribution in [-0.4, -0.2) is 102 Å². The maximum absolute atomic E-state index is 13.0. The summed E-state index contributed by atoms with van der Waals surface area (Å²) in [5.41, 5.74) is 7.22. The Morgan fingerprint density at radius 3 is 2.63 bits per heavy atom. The summed E-state index contributed by atoms with van der Waals surface area (Å²) >= 11 is 9.73. The Morgan fingerprint density at radius 2 is 1.90 bits per heavy atom. The molecule has 3 N–H and O–H groups in total. The molecule has 3 aromatic carbocycles. The SMILES string of the molecule is C=CCCC(C(=O)NC)N(C)c1ccc(C2CCN(c3nc4ncc(CSN5CCC(Nc6cccc(-c7sc(C=O)c(OCC=O)c7Cl)c6)CC5(C)C)cc4[nH]3)CC2)c2cccc(C=O)c12. The molecule has 0 radical (unpaired) electrons. The summed E-state index contributed by atoms with van der Waals surface area (Å²) < 4.78 is 7.96. The number of hydrogen-bond donors (Lipinski definition) is 3. The molecule has 2 aliphatic rings. The number of anilines is 3. The summed E-state index contributed by atoms with van der Waals surface area (Å²) in [4.78, 5) is 66.7. The number of carbonyl (C=O) groups is 4. The van der Waals surface area contributed by atoms with E-state index in [1.54, 1.807) is 7.05 Å². The molecule has 2 atom stereocenters. The van der Waals surface area contributed by atoms with E-state index in [4.69, 9.17) is 26.3 Å². The number of halogens is 1. The van der Waals surface area contributed by atoms with Gasteiger partial charge in [0.1, 0.15) is 22.5 Å². The van der Waals surface area contributed by atoms with Crippen LogP contribution >= 0.6 is 34.9 Å². The number of amides is 1. The summed E-state index contributed by atoms with van der Waals surface area (Å²) in [6.07, 6.45) is 11.1. The molecule has 2 unspecified atom stereocenters. The number of ether oxygens (including phenoxy) is 1. The Bertz CT molecular complexity index is 2780. The molecule has 67 heavy (non-hydrogen) atoms. The second-order valence-electron chi connectivity index (χ2n) is 17.8. The zero-order chi connectivity index (χ0) is 47.2. The van der Waals surface area contributed by atoms with E-state index in [1.807, 2.05) is 72.6 Å². The number of pyridine rings is 1. The van der Waals surface area contributed by atoms with Crippen LogP contribution in [0.2, 0.25) is 5.02 Å². The van der Waals surface area contributed by atoms with Gasteiger partial charge < -0.3 is 30.2 Å². The molecule has 13 nitrogen and oxygen atoms in total. The van der Waals surface area contributed by atoms with Crippen LogP contribution < -0.4 is 25.2 Å². The molecular weight excluding hydrogens is 904 g/mol. The molecule has 0 bridgehead atoms. The van der Waals surface area contributed by atoms with Crippen molar-refractivity contribution in [1.29, 1.82) is 0 Å². The molecule has 0 aliphatic carbocycles. The Balaban J connectivity index is 0.882. The number of hydrogen-bond acceptors (Lipinski definition) is 13. The lowest BCUT2D eigenvalue weighted by atomic mass is 9.85.